The molecule has 1 nitrogen and oxygen atoms in total. The van der Waals surface area contributed by atoms with E-state index in [1.54, 1.807) is 0 Å². The normalized spacial score (nSPS) is 12.1. The summed E-state index contributed by atoms with van der Waals surface area (Å²) in [4.78, 5) is 0. The molecule has 0 spiro atoms. The van der Waals surface area contributed by atoms with Gasteiger partial charge in [-0.3, -0.25) is 0 Å². The Labute approximate surface area is 95.3 Å². The highest BCUT2D eigenvalue weighted by atomic mass is 35.7. The smallest absolute Gasteiger partial charge is 0.215 e. The van der Waals surface area contributed by atoms with Gasteiger partial charge in [0.05, 0.1) is 0 Å². The molecule has 0 N–H and O–H groups in total. The number of hydrogen-bond acceptors (Lipinski definition) is 1. The van der Waals surface area contributed by atoms with Crippen LogP contribution >= 0.6 is 18.7 Å². The largest absolute Gasteiger partial charge is 0.453 e. The molecule has 2 rings (SSSR count). The van der Waals surface area contributed by atoms with Crippen molar-refractivity contribution in [3.63, 3.8) is 0 Å². The molecule has 3 heteroatoms. The minimum Gasteiger partial charge on any atom is -0.453 e. The summed E-state index contributed by atoms with van der Waals surface area (Å²) in [5.74, 6) is 0.808. The van der Waals surface area contributed by atoms with Crippen molar-refractivity contribution in [3.8, 4) is 5.75 Å². The van der Waals surface area contributed by atoms with E-state index in [1.807, 2.05) is 60.7 Å². The van der Waals surface area contributed by atoms with Crippen molar-refractivity contribution in [1.29, 1.82) is 0 Å². The Morgan fingerprint density at radius 2 is 1.33 bits per heavy atom. The number of rotatable bonds is 3. The maximum absolute atomic E-state index is 6.18. The van der Waals surface area contributed by atoms with Gasteiger partial charge >= 0.3 is 0 Å². The third-order valence-corrected chi connectivity index (χ3v) is 3.76. The first-order valence-electron chi connectivity index (χ1n) is 4.60. The van der Waals surface area contributed by atoms with Crippen LogP contribution in [0.2, 0.25) is 0 Å². The number of hydrogen-bond donors (Lipinski definition) is 0. The van der Waals surface area contributed by atoms with Gasteiger partial charge in [-0.25, -0.2) is 0 Å². The molecule has 0 heterocycles. The summed E-state index contributed by atoms with van der Waals surface area (Å²) in [6.45, 7) is 0. The molecule has 15 heavy (non-hydrogen) atoms. The molecule has 0 fully saturated rings. The summed E-state index contributed by atoms with van der Waals surface area (Å²) in [7, 11) is -1.08. The van der Waals surface area contributed by atoms with Crippen molar-refractivity contribution in [2.75, 3.05) is 0 Å². The Kier molecular flexibility index (Phi) is 3.60. The SMILES string of the molecule is ClP(Oc1ccccc1)c1ccccc1. The number of para-hydroxylation sites is 1. The van der Waals surface area contributed by atoms with Gasteiger partial charge in [0.15, 0.2) is 0 Å². The molecule has 1 atom stereocenters. The van der Waals surface area contributed by atoms with Crippen LogP contribution < -0.4 is 9.83 Å². The van der Waals surface area contributed by atoms with Crippen molar-refractivity contribution < 1.29 is 4.52 Å². The molecule has 76 valence electrons. The first kappa shape index (κ1) is 10.5. The lowest BCUT2D eigenvalue weighted by molar-refractivity contribution is 0.634. The third kappa shape index (κ3) is 2.95. The lowest BCUT2D eigenvalue weighted by Gasteiger charge is -2.11. The standard InChI is InChI=1S/C12H10ClOP/c13-15(12-9-5-2-6-10-12)14-11-7-3-1-4-8-11/h1-10H. The van der Waals surface area contributed by atoms with E-state index < -0.39 is 7.50 Å². The Morgan fingerprint density at radius 1 is 0.800 bits per heavy atom. The summed E-state index contributed by atoms with van der Waals surface area (Å²) in [6, 6.07) is 19.5. The highest BCUT2D eigenvalue weighted by Gasteiger charge is 2.09. The van der Waals surface area contributed by atoms with Crippen molar-refractivity contribution in [2.24, 2.45) is 0 Å². The predicted molar refractivity (Wildman–Crippen MR) is 65.9 cm³/mol. The van der Waals surface area contributed by atoms with Gasteiger partial charge in [-0.1, -0.05) is 48.5 Å². The van der Waals surface area contributed by atoms with Crippen molar-refractivity contribution >= 4 is 24.0 Å². The molecule has 0 saturated heterocycles. The topological polar surface area (TPSA) is 9.23 Å². The summed E-state index contributed by atoms with van der Waals surface area (Å²) < 4.78 is 5.63. The fraction of sp³-hybridized carbons (Fsp3) is 0. The molecule has 0 amide bonds. The quantitative estimate of drug-likeness (QED) is 0.734. The second-order valence-electron chi connectivity index (χ2n) is 2.98. The van der Waals surface area contributed by atoms with E-state index in [1.165, 1.54) is 0 Å². The van der Waals surface area contributed by atoms with Crippen LogP contribution in [0.4, 0.5) is 0 Å². The number of halogens is 1. The molecule has 2 aromatic carbocycles. The van der Waals surface area contributed by atoms with E-state index in [0.717, 1.165) is 11.1 Å². The van der Waals surface area contributed by atoms with Gasteiger partial charge < -0.3 is 4.52 Å². The maximum atomic E-state index is 6.18. The Bertz CT molecular complexity index is 404. The minimum atomic E-state index is -1.08. The zero-order chi connectivity index (χ0) is 10.5. The van der Waals surface area contributed by atoms with Gasteiger partial charge in [0.2, 0.25) is 7.50 Å². The molecule has 0 aliphatic carbocycles. The van der Waals surface area contributed by atoms with Gasteiger partial charge in [-0.2, -0.15) is 0 Å². The molecule has 0 aromatic heterocycles. The van der Waals surface area contributed by atoms with Crippen LogP contribution in [-0.4, -0.2) is 0 Å². The zero-order valence-electron chi connectivity index (χ0n) is 8.01. The first-order chi connectivity index (χ1) is 7.36. The van der Waals surface area contributed by atoms with Crippen LogP contribution in [0.15, 0.2) is 60.7 Å². The second kappa shape index (κ2) is 5.16. The summed E-state index contributed by atoms with van der Waals surface area (Å²) in [5.41, 5.74) is 0. The van der Waals surface area contributed by atoms with Crippen LogP contribution in [0.1, 0.15) is 0 Å². The molecule has 0 saturated carbocycles. The van der Waals surface area contributed by atoms with Gasteiger partial charge in [-0.05, 0) is 23.4 Å². The molecule has 0 radical (unpaired) electrons. The molecular formula is C12H10ClOP. The lowest BCUT2D eigenvalue weighted by Crippen LogP contribution is -1.99. The lowest BCUT2D eigenvalue weighted by atomic mass is 10.3. The van der Waals surface area contributed by atoms with E-state index in [2.05, 4.69) is 0 Å². The molecule has 1 unspecified atom stereocenters. The first-order valence-corrected chi connectivity index (χ1v) is 6.77. The summed E-state index contributed by atoms with van der Waals surface area (Å²) >= 11 is 6.18. The highest BCUT2D eigenvalue weighted by molar-refractivity contribution is 7.86. The van der Waals surface area contributed by atoms with Crippen molar-refractivity contribution in [3.05, 3.63) is 60.7 Å². The Hall–Kier alpha value is -1.04. The van der Waals surface area contributed by atoms with Crippen LogP contribution in [0.25, 0.3) is 0 Å². The monoisotopic (exact) mass is 236 g/mol. The second-order valence-corrected chi connectivity index (χ2v) is 5.09. The van der Waals surface area contributed by atoms with E-state index in [9.17, 15) is 0 Å². The highest BCUT2D eigenvalue weighted by Crippen LogP contribution is 2.41. The van der Waals surface area contributed by atoms with Gasteiger partial charge in [-0.15, -0.1) is 0 Å². The predicted octanol–water partition coefficient (Wildman–Crippen LogP) is 3.94. The van der Waals surface area contributed by atoms with E-state index in [4.69, 9.17) is 15.8 Å². The summed E-state index contributed by atoms with van der Waals surface area (Å²) in [6.07, 6.45) is 0. The van der Waals surface area contributed by atoms with E-state index in [0.29, 0.717) is 0 Å². The maximum Gasteiger partial charge on any atom is 0.215 e. The van der Waals surface area contributed by atoms with Gasteiger partial charge in [0, 0.05) is 5.30 Å². The molecule has 0 aliphatic rings. The Balaban J connectivity index is 2.08. The molecule has 2 aromatic rings. The molecular weight excluding hydrogens is 227 g/mol. The Morgan fingerprint density at radius 3 is 1.93 bits per heavy atom. The number of benzene rings is 2. The van der Waals surface area contributed by atoms with Crippen molar-refractivity contribution in [2.45, 2.75) is 0 Å². The van der Waals surface area contributed by atoms with Crippen LogP contribution in [-0.2, 0) is 0 Å². The van der Waals surface area contributed by atoms with Crippen LogP contribution in [0, 0.1) is 0 Å². The van der Waals surface area contributed by atoms with Gasteiger partial charge in [0.25, 0.3) is 0 Å². The minimum absolute atomic E-state index is 0.808. The van der Waals surface area contributed by atoms with E-state index >= 15 is 0 Å². The van der Waals surface area contributed by atoms with Crippen molar-refractivity contribution in [1.82, 2.24) is 0 Å². The van der Waals surface area contributed by atoms with Gasteiger partial charge in [0.1, 0.15) is 5.75 Å². The third-order valence-electron chi connectivity index (χ3n) is 1.89. The molecule has 0 aliphatic heterocycles. The van der Waals surface area contributed by atoms with Crippen LogP contribution in [0.3, 0.4) is 0 Å². The average Bonchev–Trinajstić information content (AvgIpc) is 2.31. The zero-order valence-corrected chi connectivity index (χ0v) is 9.66. The van der Waals surface area contributed by atoms with E-state index in [-0.39, 0.29) is 0 Å². The molecule has 0 bridgehead atoms. The van der Waals surface area contributed by atoms with Crippen LogP contribution in [0.5, 0.6) is 5.75 Å². The fourth-order valence-corrected chi connectivity index (χ4v) is 2.57. The fourth-order valence-electron chi connectivity index (χ4n) is 1.17. The summed E-state index contributed by atoms with van der Waals surface area (Å²) in [5, 5.41) is 1.03. The average molecular weight is 237 g/mol.